The smallest absolute Gasteiger partial charge is 0.358 e. The Morgan fingerprint density at radius 1 is 1.67 bits per heavy atom. The van der Waals surface area contributed by atoms with Crippen molar-refractivity contribution >= 4 is 11.9 Å². The highest BCUT2D eigenvalue weighted by atomic mass is 16.5. The van der Waals surface area contributed by atoms with Crippen molar-refractivity contribution in [3.8, 4) is 0 Å². The summed E-state index contributed by atoms with van der Waals surface area (Å²) in [5.74, 6) is -0.903. The molecule has 80 valence electrons. The van der Waals surface area contributed by atoms with Gasteiger partial charge in [0.2, 0.25) is 0 Å². The van der Waals surface area contributed by atoms with Crippen molar-refractivity contribution in [3.63, 3.8) is 0 Å². The molecule has 0 saturated heterocycles. The van der Waals surface area contributed by atoms with Gasteiger partial charge in [0.15, 0.2) is 5.69 Å². The number of aryl methyl sites for hydroxylation is 1. The largest absolute Gasteiger partial charge is 0.461 e. The molecule has 0 radical (unpaired) electrons. The first kappa shape index (κ1) is 11.2. The number of hydrogen-bond donors (Lipinski definition) is 0. The molecule has 1 aromatic heterocycles. The summed E-state index contributed by atoms with van der Waals surface area (Å²) < 4.78 is 5.87. The fraction of sp³-hybridized carbons (Fsp3) is 0.300. The average Bonchev–Trinajstić information content (AvgIpc) is 2.60. The van der Waals surface area contributed by atoms with E-state index in [1.807, 2.05) is 0 Å². The molecule has 0 bridgehead atoms. The van der Waals surface area contributed by atoms with Crippen LogP contribution in [0.1, 0.15) is 27.9 Å². The van der Waals surface area contributed by atoms with Crippen molar-refractivity contribution in [2.24, 2.45) is 0 Å². The second-order valence-electron chi connectivity index (χ2n) is 2.85. The number of ether oxygens (including phenoxy) is 1. The molecule has 1 heterocycles. The van der Waals surface area contributed by atoms with Gasteiger partial charge in [-0.2, -0.15) is 5.10 Å². The van der Waals surface area contributed by atoms with E-state index >= 15 is 0 Å². The minimum atomic E-state index is -0.531. The van der Waals surface area contributed by atoms with Crippen LogP contribution in [0.4, 0.5) is 0 Å². The minimum absolute atomic E-state index is 0.129. The van der Waals surface area contributed by atoms with E-state index in [0.29, 0.717) is 5.69 Å². The Balaban J connectivity index is 3.00. The summed E-state index contributed by atoms with van der Waals surface area (Å²) in [5.41, 5.74) is 0.701. The zero-order valence-corrected chi connectivity index (χ0v) is 8.69. The molecule has 0 amide bonds. The summed E-state index contributed by atoms with van der Waals surface area (Å²) in [6.45, 7) is 7.00. The van der Waals surface area contributed by atoms with E-state index in [9.17, 15) is 9.59 Å². The van der Waals surface area contributed by atoms with Gasteiger partial charge < -0.3 is 4.74 Å². The first-order chi connectivity index (χ1) is 7.10. The van der Waals surface area contributed by atoms with Gasteiger partial charge in [-0.05, 0) is 26.0 Å². The normalized spacial score (nSPS) is 9.73. The van der Waals surface area contributed by atoms with Gasteiger partial charge in [-0.1, -0.05) is 6.58 Å². The van der Waals surface area contributed by atoms with Crippen molar-refractivity contribution in [2.75, 3.05) is 6.61 Å². The fourth-order valence-corrected chi connectivity index (χ4v) is 1.09. The quantitative estimate of drug-likeness (QED) is 0.553. The van der Waals surface area contributed by atoms with Crippen molar-refractivity contribution in [2.45, 2.75) is 13.8 Å². The van der Waals surface area contributed by atoms with Crippen molar-refractivity contribution < 1.29 is 14.3 Å². The van der Waals surface area contributed by atoms with Crippen LogP contribution < -0.4 is 0 Å². The monoisotopic (exact) mass is 208 g/mol. The highest BCUT2D eigenvalue weighted by Gasteiger charge is 2.15. The van der Waals surface area contributed by atoms with Crippen LogP contribution in [0, 0.1) is 6.92 Å². The van der Waals surface area contributed by atoms with Gasteiger partial charge in [0.25, 0.3) is 5.91 Å². The maximum Gasteiger partial charge on any atom is 0.358 e. The van der Waals surface area contributed by atoms with E-state index in [4.69, 9.17) is 4.74 Å². The lowest BCUT2D eigenvalue weighted by Gasteiger charge is -1.97. The maximum absolute atomic E-state index is 11.3. The molecule has 0 atom stereocenters. The number of esters is 1. The molecule has 1 aromatic rings. The highest BCUT2D eigenvalue weighted by molar-refractivity contribution is 5.92. The fourth-order valence-electron chi connectivity index (χ4n) is 1.09. The van der Waals surface area contributed by atoms with Crippen LogP contribution >= 0.6 is 0 Å². The Morgan fingerprint density at radius 3 is 2.87 bits per heavy atom. The lowest BCUT2D eigenvalue weighted by molar-refractivity contribution is 0.0519. The predicted molar refractivity (Wildman–Crippen MR) is 53.7 cm³/mol. The Morgan fingerprint density at radius 2 is 2.33 bits per heavy atom. The number of carbonyl (C=O) groups excluding carboxylic acids is 2. The molecule has 0 aliphatic rings. The number of rotatable bonds is 3. The Hall–Kier alpha value is -1.91. The van der Waals surface area contributed by atoms with Crippen LogP contribution in [0.3, 0.4) is 0 Å². The summed E-state index contributed by atoms with van der Waals surface area (Å²) in [4.78, 5) is 22.5. The molecule has 1 rings (SSSR count). The molecule has 0 aliphatic carbocycles. The lowest BCUT2D eigenvalue weighted by Crippen LogP contribution is -2.12. The number of carbonyl (C=O) groups is 2. The predicted octanol–water partition coefficient (Wildman–Crippen LogP) is 1.19. The number of nitrogens with zero attached hydrogens (tertiary/aromatic N) is 2. The average molecular weight is 208 g/mol. The van der Waals surface area contributed by atoms with Crippen molar-refractivity contribution in [1.29, 1.82) is 0 Å². The minimum Gasteiger partial charge on any atom is -0.461 e. The summed E-state index contributed by atoms with van der Waals surface area (Å²) in [7, 11) is 0. The van der Waals surface area contributed by atoms with E-state index in [-0.39, 0.29) is 18.2 Å². The Labute approximate surface area is 87.3 Å². The molecule has 0 spiro atoms. The second kappa shape index (κ2) is 4.54. The molecule has 5 heteroatoms. The molecule has 15 heavy (non-hydrogen) atoms. The molecule has 5 nitrogen and oxygen atoms in total. The molecule has 0 aromatic carbocycles. The number of aromatic nitrogens is 2. The summed E-state index contributed by atoms with van der Waals surface area (Å²) in [5, 5.41) is 3.82. The van der Waals surface area contributed by atoms with Gasteiger partial charge in [-0.25, -0.2) is 9.48 Å². The van der Waals surface area contributed by atoms with E-state index < -0.39 is 5.97 Å². The SMILES string of the molecule is C=CC(=O)n1nc(C(=O)OCC)cc1C. The molecule has 0 saturated carbocycles. The van der Waals surface area contributed by atoms with Crippen LogP contribution in [-0.2, 0) is 4.74 Å². The molecule has 0 fully saturated rings. The summed E-state index contributed by atoms with van der Waals surface area (Å²) in [6, 6.07) is 1.50. The topological polar surface area (TPSA) is 61.2 Å². The van der Waals surface area contributed by atoms with Crippen LogP contribution in [0.25, 0.3) is 0 Å². The third kappa shape index (κ3) is 2.31. The first-order valence-electron chi connectivity index (χ1n) is 4.50. The number of allylic oxidation sites excluding steroid dienone is 1. The van der Waals surface area contributed by atoms with Gasteiger partial charge >= 0.3 is 5.97 Å². The van der Waals surface area contributed by atoms with Gasteiger partial charge in [-0.15, -0.1) is 0 Å². The van der Waals surface area contributed by atoms with Crippen LogP contribution in [0.15, 0.2) is 18.7 Å². The third-order valence-corrected chi connectivity index (χ3v) is 1.76. The van der Waals surface area contributed by atoms with E-state index in [1.54, 1.807) is 13.8 Å². The van der Waals surface area contributed by atoms with Gasteiger partial charge in [0.1, 0.15) is 0 Å². The van der Waals surface area contributed by atoms with Crippen molar-refractivity contribution in [1.82, 2.24) is 9.78 Å². The zero-order chi connectivity index (χ0) is 11.4. The maximum atomic E-state index is 11.3. The van der Waals surface area contributed by atoms with Crippen LogP contribution in [0.2, 0.25) is 0 Å². The van der Waals surface area contributed by atoms with Gasteiger partial charge in [0, 0.05) is 5.69 Å². The van der Waals surface area contributed by atoms with Gasteiger partial charge in [-0.3, -0.25) is 4.79 Å². The zero-order valence-electron chi connectivity index (χ0n) is 8.69. The third-order valence-electron chi connectivity index (χ3n) is 1.76. The molecule has 0 unspecified atom stereocenters. The van der Waals surface area contributed by atoms with Crippen molar-refractivity contribution in [3.05, 3.63) is 30.1 Å². The van der Waals surface area contributed by atoms with Gasteiger partial charge in [0.05, 0.1) is 6.61 Å². The Bertz CT molecular complexity index is 407. The molecular weight excluding hydrogens is 196 g/mol. The lowest BCUT2D eigenvalue weighted by atomic mass is 10.4. The van der Waals surface area contributed by atoms with E-state index in [2.05, 4.69) is 11.7 Å². The molecule has 0 N–H and O–H groups in total. The standard InChI is InChI=1S/C10H12N2O3/c1-4-9(13)12-7(3)6-8(11-12)10(14)15-5-2/h4,6H,1,5H2,2-3H3. The highest BCUT2D eigenvalue weighted by Crippen LogP contribution is 2.05. The van der Waals surface area contributed by atoms with Crippen LogP contribution in [0.5, 0.6) is 0 Å². The number of hydrogen-bond acceptors (Lipinski definition) is 4. The van der Waals surface area contributed by atoms with E-state index in [0.717, 1.165) is 10.8 Å². The molecule has 0 aliphatic heterocycles. The van der Waals surface area contributed by atoms with E-state index in [1.165, 1.54) is 6.07 Å². The first-order valence-corrected chi connectivity index (χ1v) is 4.50. The second-order valence-corrected chi connectivity index (χ2v) is 2.85. The van der Waals surface area contributed by atoms with Crippen LogP contribution in [-0.4, -0.2) is 28.3 Å². The summed E-state index contributed by atoms with van der Waals surface area (Å²) >= 11 is 0. The summed E-state index contributed by atoms with van der Waals surface area (Å²) in [6.07, 6.45) is 1.13. The molecular formula is C10H12N2O3. The Kier molecular flexibility index (Phi) is 3.38.